The molecule has 1 aromatic carbocycles. The Hall–Kier alpha value is -0.850. The Bertz CT molecular complexity index is 343. The molecule has 0 radical (unpaired) electrons. The molecule has 0 atom stereocenters. The van der Waals surface area contributed by atoms with Gasteiger partial charge in [-0.25, -0.2) is 0 Å². The molecular formula is C27H57F. The summed E-state index contributed by atoms with van der Waals surface area (Å²) in [6, 6.07) is 8.76. The first-order valence-corrected chi connectivity index (χ1v) is 11.3. The monoisotopic (exact) mass is 400 g/mol. The Labute approximate surface area is 180 Å². The molecule has 28 heavy (non-hydrogen) atoms. The highest BCUT2D eigenvalue weighted by Gasteiger charge is 2.06. The summed E-state index contributed by atoms with van der Waals surface area (Å²) < 4.78 is 9.50. The summed E-state index contributed by atoms with van der Waals surface area (Å²) in [5, 5.41) is 0. The lowest BCUT2D eigenvalue weighted by molar-refractivity contribution is 0.373. The second kappa shape index (κ2) is 26.1. The average Bonchev–Trinajstić information content (AvgIpc) is 2.61. The SMILES string of the molecule is CC.CC.CC(C)(C)C.CCCC(C)(C)C.CCCc1ccc(C)cc1.CF. The smallest absolute Gasteiger partial charge is 0.0785 e. The van der Waals surface area contributed by atoms with Crippen molar-refractivity contribution in [1.29, 1.82) is 0 Å². The molecule has 0 saturated heterocycles. The Morgan fingerprint density at radius 2 is 1.00 bits per heavy atom. The quantitative estimate of drug-likeness (QED) is 0.473. The molecule has 0 heterocycles. The summed E-state index contributed by atoms with van der Waals surface area (Å²) in [6.45, 7) is 30.1. The van der Waals surface area contributed by atoms with Crippen molar-refractivity contribution in [3.8, 4) is 0 Å². The molecule has 0 fully saturated rings. The normalized spacial score (nSPS) is 9.29. The Morgan fingerprint density at radius 1 is 0.679 bits per heavy atom. The number of benzene rings is 1. The lowest BCUT2D eigenvalue weighted by atomic mass is 9.91. The van der Waals surface area contributed by atoms with Gasteiger partial charge in [0, 0.05) is 0 Å². The highest BCUT2D eigenvalue weighted by Crippen LogP contribution is 2.19. The number of halogens is 1. The second-order valence-corrected chi connectivity index (χ2v) is 9.05. The number of aryl methyl sites for hydroxylation is 2. The van der Waals surface area contributed by atoms with Crippen molar-refractivity contribution in [2.24, 2.45) is 10.8 Å². The van der Waals surface area contributed by atoms with E-state index in [4.69, 9.17) is 0 Å². The summed E-state index contributed by atoms with van der Waals surface area (Å²) >= 11 is 0. The van der Waals surface area contributed by atoms with Gasteiger partial charge >= 0.3 is 0 Å². The van der Waals surface area contributed by atoms with E-state index in [2.05, 4.69) is 93.5 Å². The predicted molar refractivity (Wildman–Crippen MR) is 134 cm³/mol. The van der Waals surface area contributed by atoms with Gasteiger partial charge in [-0.15, -0.1) is 0 Å². The first-order chi connectivity index (χ1) is 12.9. The third-order valence-electron chi connectivity index (χ3n) is 2.66. The van der Waals surface area contributed by atoms with Crippen LogP contribution >= 0.6 is 0 Å². The van der Waals surface area contributed by atoms with Crippen LogP contribution in [0.4, 0.5) is 4.39 Å². The fourth-order valence-corrected chi connectivity index (χ4v) is 1.79. The van der Waals surface area contributed by atoms with Crippen LogP contribution in [0.1, 0.15) is 120 Å². The van der Waals surface area contributed by atoms with Crippen LogP contribution in [0, 0.1) is 17.8 Å². The van der Waals surface area contributed by atoms with E-state index in [1.165, 1.54) is 36.8 Å². The van der Waals surface area contributed by atoms with Crippen molar-refractivity contribution in [3.63, 3.8) is 0 Å². The topological polar surface area (TPSA) is 0 Å². The minimum absolute atomic E-state index is 0.500. The van der Waals surface area contributed by atoms with E-state index >= 15 is 0 Å². The van der Waals surface area contributed by atoms with Gasteiger partial charge in [0.15, 0.2) is 0 Å². The van der Waals surface area contributed by atoms with Gasteiger partial charge in [-0.2, -0.15) is 0 Å². The van der Waals surface area contributed by atoms with Crippen molar-refractivity contribution in [2.75, 3.05) is 7.18 Å². The zero-order chi connectivity index (χ0) is 23.8. The molecule has 0 bridgehead atoms. The summed E-state index contributed by atoms with van der Waals surface area (Å²) in [5.41, 5.74) is 3.85. The molecule has 1 heteroatoms. The van der Waals surface area contributed by atoms with Crippen LogP contribution in [0.25, 0.3) is 0 Å². The van der Waals surface area contributed by atoms with Crippen molar-refractivity contribution in [1.82, 2.24) is 0 Å². The average molecular weight is 401 g/mol. The molecule has 0 aliphatic heterocycles. The molecule has 0 N–H and O–H groups in total. The van der Waals surface area contributed by atoms with Gasteiger partial charge in [0.1, 0.15) is 0 Å². The number of alkyl halides is 1. The number of hydrogen-bond donors (Lipinski definition) is 0. The van der Waals surface area contributed by atoms with Crippen LogP contribution in [0.15, 0.2) is 24.3 Å². The standard InChI is InChI=1S/C10H14.C7H16.C5H12.2C2H6.CH3F/c1-3-4-10-7-5-9(2)6-8-10;1-5-6-7(2,3)4;1-5(2,3)4;3*1-2/h5-8H,3-4H2,1-2H3;5-6H2,1-4H3;1-4H3;2*1-2H3;1H3. The van der Waals surface area contributed by atoms with Gasteiger partial charge < -0.3 is 0 Å². The number of hydrogen-bond acceptors (Lipinski definition) is 0. The van der Waals surface area contributed by atoms with Crippen molar-refractivity contribution < 1.29 is 4.39 Å². The van der Waals surface area contributed by atoms with Gasteiger partial charge in [-0.3, -0.25) is 4.39 Å². The summed E-state index contributed by atoms with van der Waals surface area (Å²) in [4.78, 5) is 0. The van der Waals surface area contributed by atoms with Gasteiger partial charge in [0.2, 0.25) is 0 Å². The Balaban J connectivity index is -0.0000000867. The van der Waals surface area contributed by atoms with E-state index in [-0.39, 0.29) is 0 Å². The number of rotatable bonds is 3. The fraction of sp³-hybridized carbons (Fsp3) is 0.778. The first-order valence-electron chi connectivity index (χ1n) is 11.3. The van der Waals surface area contributed by atoms with Crippen molar-refractivity contribution in [2.45, 2.75) is 123 Å². The summed E-state index contributed by atoms with van der Waals surface area (Å²) in [6.07, 6.45) is 5.10. The van der Waals surface area contributed by atoms with Crippen LogP contribution in [0.3, 0.4) is 0 Å². The predicted octanol–water partition coefficient (Wildman–Crippen LogP) is 10.5. The largest absolute Gasteiger partial charge is 0.255 e. The van der Waals surface area contributed by atoms with Crippen molar-refractivity contribution in [3.05, 3.63) is 35.4 Å². The molecule has 1 aromatic rings. The van der Waals surface area contributed by atoms with E-state index in [1.807, 2.05) is 27.7 Å². The third-order valence-corrected chi connectivity index (χ3v) is 2.66. The zero-order valence-corrected chi connectivity index (χ0v) is 22.5. The highest BCUT2D eigenvalue weighted by atomic mass is 19.1. The molecule has 0 amide bonds. The van der Waals surface area contributed by atoms with Gasteiger partial charge in [-0.1, -0.05) is 133 Å². The Morgan fingerprint density at radius 3 is 1.18 bits per heavy atom. The van der Waals surface area contributed by atoms with Crippen molar-refractivity contribution >= 4 is 0 Å². The van der Waals surface area contributed by atoms with Crippen LogP contribution in [0.2, 0.25) is 0 Å². The van der Waals surface area contributed by atoms with E-state index in [9.17, 15) is 4.39 Å². The Kier molecular flexibility index (Phi) is 35.3. The molecular weight excluding hydrogens is 343 g/mol. The molecule has 1 rings (SSSR count). The van der Waals surface area contributed by atoms with Crippen LogP contribution in [-0.2, 0) is 6.42 Å². The molecule has 0 aromatic heterocycles. The minimum atomic E-state index is 0.500. The molecule has 0 spiro atoms. The lowest BCUT2D eigenvalue weighted by Crippen LogP contribution is -2.02. The summed E-state index contributed by atoms with van der Waals surface area (Å²) in [5.74, 6) is 0. The van der Waals surface area contributed by atoms with E-state index in [1.54, 1.807) is 0 Å². The molecule has 172 valence electrons. The maximum Gasteiger partial charge on any atom is 0.0785 e. The maximum atomic E-state index is 9.50. The maximum absolute atomic E-state index is 9.50. The van der Waals surface area contributed by atoms with Crippen LogP contribution in [0.5, 0.6) is 0 Å². The van der Waals surface area contributed by atoms with Crippen LogP contribution < -0.4 is 0 Å². The first kappa shape index (κ1) is 37.8. The molecule has 0 aliphatic carbocycles. The van der Waals surface area contributed by atoms with Gasteiger partial charge in [-0.05, 0) is 36.2 Å². The lowest BCUT2D eigenvalue weighted by Gasteiger charge is -2.15. The molecule has 0 aliphatic rings. The fourth-order valence-electron chi connectivity index (χ4n) is 1.79. The van der Waals surface area contributed by atoms with E-state index < -0.39 is 0 Å². The zero-order valence-electron chi connectivity index (χ0n) is 22.5. The van der Waals surface area contributed by atoms with Gasteiger partial charge in [0.05, 0.1) is 7.18 Å². The molecule has 0 saturated carbocycles. The van der Waals surface area contributed by atoms with E-state index in [0.717, 1.165) is 0 Å². The van der Waals surface area contributed by atoms with Gasteiger partial charge in [0.25, 0.3) is 0 Å². The highest BCUT2D eigenvalue weighted by molar-refractivity contribution is 5.21. The third kappa shape index (κ3) is 56.2. The molecule has 0 unspecified atom stereocenters. The van der Waals surface area contributed by atoms with Crippen LogP contribution in [-0.4, -0.2) is 7.18 Å². The molecule has 0 nitrogen and oxygen atoms in total. The second-order valence-electron chi connectivity index (χ2n) is 9.05. The minimum Gasteiger partial charge on any atom is -0.255 e. The van der Waals surface area contributed by atoms with E-state index in [0.29, 0.717) is 18.0 Å². The summed E-state index contributed by atoms with van der Waals surface area (Å²) in [7, 11) is 0.500.